The molecule has 0 spiro atoms. The number of nitrogens with one attached hydrogen (secondary N) is 2. The molecular weight excluding hydrogens is 426 g/mol. The van der Waals surface area contributed by atoms with Crippen LogP contribution in [0.2, 0.25) is 0 Å². The molecule has 0 saturated heterocycles. The van der Waals surface area contributed by atoms with Gasteiger partial charge in [-0.15, -0.1) is 0 Å². The van der Waals surface area contributed by atoms with Crippen LogP contribution in [-0.2, 0) is 0 Å². The molecule has 0 atom stereocenters. The molecule has 2 nitrogen and oxygen atoms in total. The van der Waals surface area contributed by atoms with Gasteiger partial charge in [-0.1, -0.05) is 56.4 Å². The smallest absolute Gasteiger partial charge is 0.134 e. The predicted octanol–water partition coefficient (Wildman–Crippen LogP) is 8.71. The first-order valence-corrected chi connectivity index (χ1v) is 12.8. The van der Waals surface area contributed by atoms with Crippen molar-refractivity contribution in [3.63, 3.8) is 0 Å². The third-order valence-electron chi connectivity index (χ3n) is 7.52. The molecule has 0 unspecified atom stereocenters. The van der Waals surface area contributed by atoms with Crippen molar-refractivity contribution in [2.24, 2.45) is 0 Å². The van der Waals surface area contributed by atoms with Gasteiger partial charge in [0.25, 0.3) is 0 Å². The van der Waals surface area contributed by atoms with Gasteiger partial charge in [0.15, 0.2) is 0 Å². The van der Waals surface area contributed by atoms with Gasteiger partial charge in [-0.3, -0.25) is 0 Å². The van der Waals surface area contributed by atoms with Gasteiger partial charge in [-0.25, -0.2) is 8.78 Å². The fourth-order valence-electron chi connectivity index (χ4n) is 5.59. The van der Waals surface area contributed by atoms with Gasteiger partial charge >= 0.3 is 0 Å². The maximum atomic E-state index is 15.4. The zero-order valence-corrected chi connectivity index (χ0v) is 20.0. The first-order valence-electron chi connectivity index (χ1n) is 12.8. The van der Waals surface area contributed by atoms with Gasteiger partial charge in [-0.05, 0) is 79.6 Å². The number of hydrogen-bond acceptors (Lipinski definition) is 2. The summed E-state index contributed by atoms with van der Waals surface area (Å²) in [5.74, 6) is -0.757. The minimum absolute atomic E-state index is 0.308. The molecule has 2 aliphatic carbocycles. The Kier molecular flexibility index (Phi) is 6.85. The number of benzene rings is 3. The van der Waals surface area contributed by atoms with Crippen LogP contribution in [0.25, 0.3) is 22.3 Å². The molecular formula is C30H34F2N2. The van der Waals surface area contributed by atoms with E-state index in [1.54, 1.807) is 6.92 Å². The molecule has 178 valence electrons. The first kappa shape index (κ1) is 22.9. The summed E-state index contributed by atoms with van der Waals surface area (Å²) in [5.41, 5.74) is 4.45. The van der Waals surface area contributed by atoms with E-state index in [0.717, 1.165) is 11.4 Å². The summed E-state index contributed by atoms with van der Waals surface area (Å²) in [5, 5.41) is 7.13. The van der Waals surface area contributed by atoms with E-state index in [0.29, 0.717) is 39.9 Å². The van der Waals surface area contributed by atoms with E-state index in [9.17, 15) is 0 Å². The molecule has 0 heterocycles. The standard InChI is InChI=1S/C30H34F2N2/c1-20-29(22-13-17-26(18-14-22)34-24-9-5-6-10-24)28(31)19-27(30(20)32)21-11-15-25(16-12-21)33-23-7-3-2-4-8-23/h11-19,23-24,33-34H,2-10H2,1H3. The first-order chi connectivity index (χ1) is 16.6. The Bertz CT molecular complexity index is 1110. The van der Waals surface area contributed by atoms with Crippen molar-refractivity contribution in [3.8, 4) is 22.3 Å². The van der Waals surface area contributed by atoms with Crippen molar-refractivity contribution in [3.05, 3.63) is 71.8 Å². The van der Waals surface area contributed by atoms with Crippen LogP contribution in [0.4, 0.5) is 20.2 Å². The van der Waals surface area contributed by atoms with Gasteiger partial charge < -0.3 is 10.6 Å². The lowest BCUT2D eigenvalue weighted by Crippen LogP contribution is -2.22. The van der Waals surface area contributed by atoms with Crippen LogP contribution in [0, 0.1) is 18.6 Å². The highest BCUT2D eigenvalue weighted by atomic mass is 19.1. The van der Waals surface area contributed by atoms with E-state index >= 15 is 8.78 Å². The zero-order chi connectivity index (χ0) is 23.5. The quantitative estimate of drug-likeness (QED) is 0.384. The summed E-state index contributed by atoms with van der Waals surface area (Å²) in [6, 6.07) is 17.8. The molecule has 0 radical (unpaired) electrons. The summed E-state index contributed by atoms with van der Waals surface area (Å²) in [6.45, 7) is 1.67. The fourth-order valence-corrected chi connectivity index (χ4v) is 5.59. The van der Waals surface area contributed by atoms with Crippen LogP contribution >= 0.6 is 0 Å². The number of halogens is 2. The van der Waals surface area contributed by atoms with Gasteiger partial charge in [0.2, 0.25) is 0 Å². The molecule has 3 aromatic rings. The lowest BCUT2D eigenvalue weighted by Gasteiger charge is -2.24. The van der Waals surface area contributed by atoms with E-state index < -0.39 is 5.82 Å². The van der Waals surface area contributed by atoms with Crippen molar-refractivity contribution in [2.75, 3.05) is 10.6 Å². The van der Waals surface area contributed by atoms with Crippen LogP contribution in [-0.4, -0.2) is 12.1 Å². The normalized spacial score (nSPS) is 17.1. The van der Waals surface area contributed by atoms with Crippen molar-refractivity contribution < 1.29 is 8.78 Å². The van der Waals surface area contributed by atoms with Crippen molar-refractivity contribution in [1.82, 2.24) is 0 Å². The van der Waals surface area contributed by atoms with E-state index in [-0.39, 0.29) is 5.82 Å². The van der Waals surface area contributed by atoms with E-state index in [1.807, 2.05) is 48.5 Å². The summed E-state index contributed by atoms with van der Waals surface area (Å²) < 4.78 is 30.7. The molecule has 2 N–H and O–H groups in total. The molecule has 0 bridgehead atoms. The topological polar surface area (TPSA) is 24.1 Å². The van der Waals surface area contributed by atoms with E-state index in [1.165, 1.54) is 63.9 Å². The second-order valence-electron chi connectivity index (χ2n) is 9.98. The highest BCUT2D eigenvalue weighted by Gasteiger charge is 2.19. The third-order valence-corrected chi connectivity index (χ3v) is 7.52. The van der Waals surface area contributed by atoms with Crippen molar-refractivity contribution in [1.29, 1.82) is 0 Å². The van der Waals surface area contributed by atoms with E-state index in [4.69, 9.17) is 0 Å². The maximum absolute atomic E-state index is 15.4. The van der Waals surface area contributed by atoms with E-state index in [2.05, 4.69) is 10.6 Å². The average molecular weight is 461 g/mol. The molecule has 2 fully saturated rings. The predicted molar refractivity (Wildman–Crippen MR) is 138 cm³/mol. The molecule has 3 aromatic carbocycles. The second kappa shape index (κ2) is 10.2. The summed E-state index contributed by atoms with van der Waals surface area (Å²) in [6.07, 6.45) is 11.2. The molecule has 2 saturated carbocycles. The zero-order valence-electron chi connectivity index (χ0n) is 20.0. The Morgan fingerprint density at radius 3 is 1.65 bits per heavy atom. The Labute approximate surface area is 201 Å². The van der Waals surface area contributed by atoms with Crippen LogP contribution in [0.15, 0.2) is 54.6 Å². The highest BCUT2D eigenvalue weighted by Crippen LogP contribution is 2.36. The van der Waals surface area contributed by atoms with Gasteiger partial charge in [0.1, 0.15) is 11.6 Å². The molecule has 34 heavy (non-hydrogen) atoms. The largest absolute Gasteiger partial charge is 0.382 e. The number of anilines is 2. The van der Waals surface area contributed by atoms with Crippen LogP contribution < -0.4 is 10.6 Å². The summed E-state index contributed by atoms with van der Waals surface area (Å²) in [7, 11) is 0. The van der Waals surface area contributed by atoms with Crippen molar-refractivity contribution in [2.45, 2.75) is 76.8 Å². The molecule has 2 aliphatic rings. The molecule has 0 aromatic heterocycles. The Hall–Kier alpha value is -2.88. The lowest BCUT2D eigenvalue weighted by molar-refractivity contribution is 0.463. The third kappa shape index (κ3) is 4.96. The number of rotatable bonds is 6. The molecule has 0 aliphatic heterocycles. The maximum Gasteiger partial charge on any atom is 0.134 e. The summed E-state index contributed by atoms with van der Waals surface area (Å²) in [4.78, 5) is 0. The van der Waals surface area contributed by atoms with Gasteiger partial charge in [0, 0.05) is 34.6 Å². The van der Waals surface area contributed by atoms with Crippen molar-refractivity contribution >= 4 is 11.4 Å². The lowest BCUT2D eigenvalue weighted by atomic mass is 9.93. The van der Waals surface area contributed by atoms with Crippen LogP contribution in [0.5, 0.6) is 0 Å². The Morgan fingerprint density at radius 1 is 0.647 bits per heavy atom. The van der Waals surface area contributed by atoms with Gasteiger partial charge in [-0.2, -0.15) is 0 Å². The summed E-state index contributed by atoms with van der Waals surface area (Å²) >= 11 is 0. The molecule has 5 rings (SSSR count). The Morgan fingerprint density at radius 2 is 1.12 bits per heavy atom. The average Bonchev–Trinajstić information content (AvgIpc) is 3.37. The van der Waals surface area contributed by atoms with Gasteiger partial charge in [0.05, 0.1) is 0 Å². The monoisotopic (exact) mass is 460 g/mol. The second-order valence-corrected chi connectivity index (χ2v) is 9.98. The Balaban J connectivity index is 1.35. The minimum atomic E-state index is -0.394. The highest BCUT2D eigenvalue weighted by molar-refractivity contribution is 5.76. The fraction of sp³-hybridized carbons (Fsp3) is 0.400. The van der Waals surface area contributed by atoms with Crippen LogP contribution in [0.1, 0.15) is 63.4 Å². The SMILES string of the molecule is Cc1c(F)c(-c2ccc(NC3CCCCC3)cc2)cc(F)c1-c1ccc(NC2CCCC2)cc1. The molecule has 4 heteroatoms. The minimum Gasteiger partial charge on any atom is -0.382 e. The van der Waals surface area contributed by atoms with Crippen LogP contribution in [0.3, 0.4) is 0 Å². The molecule has 0 amide bonds. The number of hydrogen-bond donors (Lipinski definition) is 2.